The third-order valence-electron chi connectivity index (χ3n) is 4.39. The number of aromatic amines is 1. The van der Waals surface area contributed by atoms with Crippen LogP contribution >= 0.6 is 11.6 Å². The van der Waals surface area contributed by atoms with Gasteiger partial charge in [-0.15, -0.1) is 0 Å². The van der Waals surface area contributed by atoms with Crippen LogP contribution in [0.5, 0.6) is 0 Å². The van der Waals surface area contributed by atoms with Gasteiger partial charge < -0.3 is 10.4 Å². The maximum Gasteiger partial charge on any atom is 0.303 e. The van der Waals surface area contributed by atoms with E-state index in [-0.39, 0.29) is 34.8 Å². The minimum Gasteiger partial charge on any atom is -0.481 e. The Morgan fingerprint density at radius 1 is 1.28 bits per heavy atom. The predicted molar refractivity (Wildman–Crippen MR) is 106 cm³/mol. The standard InChI is InChI=1S/C20H16ClF2N3O3/c1-10-14(22)5-2-11(4-7-18(28)29)19(10)24-17(27)6-3-12-8-16-13(9-15(12)23)20(21)26-25-16/h2-3,5-6,8-9H,4,7H2,1H3,(H,24,27)(H,25,26)(H,28,29). The summed E-state index contributed by atoms with van der Waals surface area (Å²) < 4.78 is 28.1. The SMILES string of the molecule is Cc1c(F)ccc(CCC(=O)O)c1NC(=O)C=Cc1cc2[nH]nc(Cl)c2cc1F. The van der Waals surface area contributed by atoms with Crippen LogP contribution in [-0.4, -0.2) is 27.2 Å². The molecule has 6 nitrogen and oxygen atoms in total. The molecule has 0 aliphatic rings. The fourth-order valence-corrected chi connectivity index (χ4v) is 3.05. The highest BCUT2D eigenvalue weighted by atomic mass is 35.5. The van der Waals surface area contributed by atoms with Crippen LogP contribution in [-0.2, 0) is 16.0 Å². The van der Waals surface area contributed by atoms with Gasteiger partial charge in [-0.1, -0.05) is 17.7 Å². The molecule has 0 fully saturated rings. The second-order valence-corrected chi connectivity index (χ2v) is 6.71. The van der Waals surface area contributed by atoms with E-state index < -0.39 is 23.5 Å². The average Bonchev–Trinajstić information content (AvgIpc) is 3.02. The van der Waals surface area contributed by atoms with Gasteiger partial charge in [0.05, 0.1) is 11.2 Å². The summed E-state index contributed by atoms with van der Waals surface area (Å²) in [5.41, 5.74) is 1.53. The molecule has 3 rings (SSSR count). The molecule has 1 amide bonds. The number of aliphatic carboxylic acids is 1. The van der Waals surface area contributed by atoms with E-state index in [0.29, 0.717) is 16.5 Å². The molecule has 0 bridgehead atoms. The molecule has 0 unspecified atom stereocenters. The Morgan fingerprint density at radius 3 is 2.76 bits per heavy atom. The van der Waals surface area contributed by atoms with Gasteiger partial charge in [-0.05, 0) is 43.2 Å². The average molecular weight is 420 g/mol. The maximum absolute atomic E-state index is 14.2. The van der Waals surface area contributed by atoms with Crippen LogP contribution in [0.25, 0.3) is 17.0 Å². The largest absolute Gasteiger partial charge is 0.481 e. The van der Waals surface area contributed by atoms with Crippen LogP contribution in [0.3, 0.4) is 0 Å². The zero-order valence-electron chi connectivity index (χ0n) is 15.2. The van der Waals surface area contributed by atoms with Gasteiger partial charge in [0.25, 0.3) is 0 Å². The summed E-state index contributed by atoms with van der Waals surface area (Å²) in [5.74, 6) is -2.74. The molecule has 150 valence electrons. The highest BCUT2D eigenvalue weighted by molar-refractivity contribution is 6.34. The van der Waals surface area contributed by atoms with Crippen molar-refractivity contribution in [2.45, 2.75) is 19.8 Å². The molecule has 9 heteroatoms. The highest BCUT2D eigenvalue weighted by Gasteiger charge is 2.14. The van der Waals surface area contributed by atoms with Crippen molar-refractivity contribution < 1.29 is 23.5 Å². The Bertz CT molecular complexity index is 1140. The zero-order valence-corrected chi connectivity index (χ0v) is 16.0. The number of carboxylic acids is 1. The second-order valence-electron chi connectivity index (χ2n) is 6.36. The van der Waals surface area contributed by atoms with Crippen molar-refractivity contribution in [2.24, 2.45) is 0 Å². The summed E-state index contributed by atoms with van der Waals surface area (Å²) >= 11 is 5.84. The number of benzene rings is 2. The first-order valence-electron chi connectivity index (χ1n) is 8.58. The van der Waals surface area contributed by atoms with Gasteiger partial charge in [0.1, 0.15) is 11.6 Å². The molecule has 1 heterocycles. The molecule has 0 aliphatic carbocycles. The predicted octanol–water partition coefficient (Wildman–Crippen LogP) is 4.47. The molecule has 0 radical (unpaired) electrons. The van der Waals surface area contributed by atoms with E-state index in [2.05, 4.69) is 15.5 Å². The number of rotatable bonds is 6. The van der Waals surface area contributed by atoms with Crippen molar-refractivity contribution in [2.75, 3.05) is 5.32 Å². The first-order valence-corrected chi connectivity index (χ1v) is 8.96. The van der Waals surface area contributed by atoms with Gasteiger partial charge in [0, 0.05) is 29.0 Å². The van der Waals surface area contributed by atoms with Crippen molar-refractivity contribution >= 4 is 46.1 Å². The summed E-state index contributed by atoms with van der Waals surface area (Å²) in [6, 6.07) is 5.32. The molecule has 2 aromatic carbocycles. The first-order chi connectivity index (χ1) is 13.8. The van der Waals surface area contributed by atoms with E-state index in [1.165, 1.54) is 37.3 Å². The van der Waals surface area contributed by atoms with Crippen molar-refractivity contribution in [3.63, 3.8) is 0 Å². The zero-order chi connectivity index (χ0) is 21.1. The van der Waals surface area contributed by atoms with Crippen LogP contribution < -0.4 is 5.32 Å². The Balaban J connectivity index is 1.83. The van der Waals surface area contributed by atoms with E-state index in [1.54, 1.807) is 0 Å². The number of aryl methyl sites for hydroxylation is 1. The number of H-pyrrole nitrogens is 1. The summed E-state index contributed by atoms with van der Waals surface area (Å²) in [5, 5.41) is 18.4. The fraction of sp³-hybridized carbons (Fsp3) is 0.150. The molecular formula is C20H16ClF2N3O3. The van der Waals surface area contributed by atoms with E-state index in [4.69, 9.17) is 16.7 Å². The number of nitrogens with one attached hydrogen (secondary N) is 2. The van der Waals surface area contributed by atoms with Gasteiger partial charge in [0.15, 0.2) is 5.15 Å². The number of fused-ring (bicyclic) bond motifs is 1. The first kappa shape index (κ1) is 20.5. The van der Waals surface area contributed by atoms with Gasteiger partial charge in [0.2, 0.25) is 5.91 Å². The molecular weight excluding hydrogens is 404 g/mol. The number of hydrogen-bond acceptors (Lipinski definition) is 3. The highest BCUT2D eigenvalue weighted by Crippen LogP contribution is 2.26. The lowest BCUT2D eigenvalue weighted by Crippen LogP contribution is -2.13. The second kappa shape index (κ2) is 8.40. The lowest BCUT2D eigenvalue weighted by atomic mass is 10.0. The molecule has 29 heavy (non-hydrogen) atoms. The number of nitrogens with zero attached hydrogens (tertiary/aromatic N) is 1. The summed E-state index contributed by atoms with van der Waals surface area (Å²) in [6.07, 6.45) is 2.33. The molecule has 3 aromatic rings. The molecule has 1 aromatic heterocycles. The van der Waals surface area contributed by atoms with Crippen LogP contribution in [0.2, 0.25) is 5.15 Å². The monoisotopic (exact) mass is 419 g/mol. The van der Waals surface area contributed by atoms with Crippen molar-refractivity contribution in [1.82, 2.24) is 10.2 Å². The number of carbonyl (C=O) groups excluding carboxylic acids is 1. The Kier molecular flexibility index (Phi) is 5.93. The number of amides is 1. The van der Waals surface area contributed by atoms with Crippen molar-refractivity contribution in [3.05, 3.63) is 63.8 Å². The van der Waals surface area contributed by atoms with Gasteiger partial charge in [-0.25, -0.2) is 8.78 Å². The summed E-state index contributed by atoms with van der Waals surface area (Å²) in [4.78, 5) is 23.1. The van der Waals surface area contributed by atoms with Gasteiger partial charge >= 0.3 is 5.97 Å². The summed E-state index contributed by atoms with van der Waals surface area (Å²) in [6.45, 7) is 1.48. The summed E-state index contributed by atoms with van der Waals surface area (Å²) in [7, 11) is 0. The van der Waals surface area contributed by atoms with Crippen molar-refractivity contribution in [1.29, 1.82) is 0 Å². The number of halogens is 3. The van der Waals surface area contributed by atoms with E-state index in [0.717, 1.165) is 6.08 Å². The number of carbonyl (C=O) groups is 2. The minimum absolute atomic E-state index is 0.127. The Labute approximate surface area is 169 Å². The number of hydrogen-bond donors (Lipinski definition) is 3. The molecule has 0 aliphatic heterocycles. The molecule has 0 saturated heterocycles. The van der Waals surface area contributed by atoms with Crippen LogP contribution in [0.4, 0.5) is 14.5 Å². The minimum atomic E-state index is -1.01. The third-order valence-corrected chi connectivity index (χ3v) is 4.68. The number of anilines is 1. The van der Waals surface area contributed by atoms with Crippen LogP contribution in [0.1, 0.15) is 23.1 Å². The normalized spacial score (nSPS) is 11.3. The van der Waals surface area contributed by atoms with Gasteiger partial charge in [-0.3, -0.25) is 14.7 Å². The lowest BCUT2D eigenvalue weighted by molar-refractivity contribution is -0.136. The van der Waals surface area contributed by atoms with Crippen LogP contribution in [0, 0.1) is 18.6 Å². The quantitative estimate of drug-likeness (QED) is 0.513. The lowest BCUT2D eigenvalue weighted by Gasteiger charge is -2.13. The smallest absolute Gasteiger partial charge is 0.303 e. The van der Waals surface area contributed by atoms with E-state index in [1.807, 2.05) is 0 Å². The Hall–Kier alpha value is -3.26. The fourth-order valence-electron chi connectivity index (χ4n) is 2.85. The van der Waals surface area contributed by atoms with Crippen molar-refractivity contribution in [3.8, 4) is 0 Å². The molecule has 0 atom stereocenters. The Morgan fingerprint density at radius 2 is 2.03 bits per heavy atom. The third kappa shape index (κ3) is 4.60. The van der Waals surface area contributed by atoms with E-state index in [9.17, 15) is 18.4 Å². The number of carboxylic acid groups (broad SMARTS) is 1. The van der Waals surface area contributed by atoms with Gasteiger partial charge in [-0.2, -0.15) is 5.10 Å². The molecule has 0 spiro atoms. The number of aromatic nitrogens is 2. The molecule has 3 N–H and O–H groups in total. The van der Waals surface area contributed by atoms with E-state index >= 15 is 0 Å². The van der Waals surface area contributed by atoms with Crippen LogP contribution in [0.15, 0.2) is 30.3 Å². The topological polar surface area (TPSA) is 95.1 Å². The maximum atomic E-state index is 14.2. The molecule has 0 saturated carbocycles.